The van der Waals surface area contributed by atoms with E-state index in [0.29, 0.717) is 0 Å². The molecule has 0 spiro atoms. The van der Waals surface area contributed by atoms with Crippen molar-refractivity contribution in [3.63, 3.8) is 0 Å². The van der Waals surface area contributed by atoms with Crippen molar-refractivity contribution in [2.75, 3.05) is 5.88 Å². The minimum atomic E-state index is -0.456. The number of aryl methyl sites for hydroxylation is 1. The van der Waals surface area contributed by atoms with E-state index in [-0.39, 0.29) is 11.8 Å². The first-order valence-corrected chi connectivity index (χ1v) is 7.80. The van der Waals surface area contributed by atoms with E-state index in [4.69, 9.17) is 11.6 Å². The van der Waals surface area contributed by atoms with Gasteiger partial charge in [-0.05, 0) is 36.0 Å². The molecular weight excluding hydrogens is 282 g/mol. The van der Waals surface area contributed by atoms with Gasteiger partial charge in [0.1, 0.15) is 5.88 Å². The summed E-state index contributed by atoms with van der Waals surface area (Å²) in [6, 6.07) is 18.6. The lowest BCUT2D eigenvalue weighted by atomic mass is 9.72. The van der Waals surface area contributed by atoms with Crippen LogP contribution in [0.3, 0.4) is 0 Å². The van der Waals surface area contributed by atoms with Crippen molar-refractivity contribution in [2.45, 2.75) is 24.8 Å². The summed E-state index contributed by atoms with van der Waals surface area (Å²) in [5.74, 6) is -0.145. The molecule has 3 rings (SSSR count). The number of rotatable bonds is 3. The predicted molar refractivity (Wildman–Crippen MR) is 85.5 cm³/mol. The number of benzene rings is 2. The number of halogens is 1. The molecule has 0 fully saturated rings. The van der Waals surface area contributed by atoms with Crippen LogP contribution >= 0.6 is 11.6 Å². The van der Waals surface area contributed by atoms with Crippen LogP contribution in [-0.4, -0.2) is 11.8 Å². The molecule has 0 heterocycles. The molecule has 2 nitrogen and oxygen atoms in total. The lowest BCUT2D eigenvalue weighted by Crippen LogP contribution is -2.49. The van der Waals surface area contributed by atoms with Crippen LogP contribution in [0.5, 0.6) is 0 Å². The second-order valence-electron chi connectivity index (χ2n) is 5.46. The topological polar surface area (TPSA) is 29.1 Å². The standard InChI is InChI=1S/C18H18ClNO/c19-13-17(21)20-18(15-9-2-1-3-10-15)12-6-8-14-7-4-5-11-16(14)18/h1-5,7,9-11H,6,8,12-13H2,(H,20,21). The van der Waals surface area contributed by atoms with Crippen LogP contribution in [0.25, 0.3) is 0 Å². The summed E-state index contributed by atoms with van der Waals surface area (Å²) < 4.78 is 0. The molecule has 1 aliphatic rings. The number of nitrogens with one attached hydrogen (secondary N) is 1. The lowest BCUT2D eigenvalue weighted by Gasteiger charge is -2.40. The zero-order valence-electron chi connectivity index (χ0n) is 11.8. The molecule has 2 aromatic carbocycles. The van der Waals surface area contributed by atoms with E-state index >= 15 is 0 Å². The van der Waals surface area contributed by atoms with E-state index in [1.54, 1.807) is 0 Å². The maximum atomic E-state index is 12.0. The third kappa shape index (κ3) is 2.56. The highest BCUT2D eigenvalue weighted by Gasteiger charge is 2.39. The molecule has 0 aliphatic heterocycles. The first-order chi connectivity index (χ1) is 10.3. The SMILES string of the molecule is O=C(CCl)NC1(c2ccccc2)CCCc2ccccc21. The Labute approximate surface area is 130 Å². The summed E-state index contributed by atoms with van der Waals surface area (Å²) in [7, 11) is 0. The van der Waals surface area contributed by atoms with Gasteiger partial charge in [0, 0.05) is 0 Å². The highest BCUT2D eigenvalue weighted by atomic mass is 35.5. The van der Waals surface area contributed by atoms with Gasteiger partial charge < -0.3 is 5.32 Å². The van der Waals surface area contributed by atoms with Crippen LogP contribution in [0.2, 0.25) is 0 Å². The largest absolute Gasteiger partial charge is 0.341 e. The Hall–Kier alpha value is -1.80. The highest BCUT2D eigenvalue weighted by Crippen LogP contribution is 2.40. The Kier molecular flexibility index (Phi) is 3.98. The van der Waals surface area contributed by atoms with Gasteiger partial charge in [-0.25, -0.2) is 0 Å². The summed E-state index contributed by atoms with van der Waals surface area (Å²) in [6.45, 7) is 0. The van der Waals surface area contributed by atoms with Gasteiger partial charge in [-0.1, -0.05) is 54.6 Å². The van der Waals surface area contributed by atoms with E-state index in [0.717, 1.165) is 24.8 Å². The van der Waals surface area contributed by atoms with E-state index in [1.165, 1.54) is 11.1 Å². The molecule has 0 saturated heterocycles. The summed E-state index contributed by atoms with van der Waals surface area (Å²) in [4.78, 5) is 12.0. The third-order valence-corrected chi connectivity index (χ3v) is 4.46. The van der Waals surface area contributed by atoms with E-state index < -0.39 is 5.54 Å². The average Bonchev–Trinajstić information content (AvgIpc) is 2.56. The number of hydrogen-bond donors (Lipinski definition) is 1. The molecule has 21 heavy (non-hydrogen) atoms. The Morgan fingerprint density at radius 3 is 2.57 bits per heavy atom. The van der Waals surface area contributed by atoms with Crippen molar-refractivity contribution in [3.05, 3.63) is 71.3 Å². The van der Waals surface area contributed by atoms with Crippen LogP contribution in [0.1, 0.15) is 29.5 Å². The van der Waals surface area contributed by atoms with Gasteiger partial charge in [0.15, 0.2) is 0 Å². The molecule has 0 saturated carbocycles. The average molecular weight is 300 g/mol. The zero-order chi connectivity index (χ0) is 14.7. The molecule has 2 aromatic rings. The second kappa shape index (κ2) is 5.90. The number of amides is 1. The highest BCUT2D eigenvalue weighted by molar-refractivity contribution is 6.27. The van der Waals surface area contributed by atoms with Crippen LogP contribution in [0.15, 0.2) is 54.6 Å². The van der Waals surface area contributed by atoms with E-state index in [9.17, 15) is 4.79 Å². The summed E-state index contributed by atoms with van der Waals surface area (Å²) >= 11 is 5.74. The first kappa shape index (κ1) is 14.2. The molecule has 1 atom stereocenters. The van der Waals surface area contributed by atoms with Gasteiger partial charge in [-0.2, -0.15) is 0 Å². The molecule has 0 bridgehead atoms. The lowest BCUT2D eigenvalue weighted by molar-refractivity contribution is -0.120. The fourth-order valence-corrected chi connectivity index (χ4v) is 3.40. The monoisotopic (exact) mass is 299 g/mol. The molecule has 3 heteroatoms. The summed E-state index contributed by atoms with van der Waals surface area (Å²) in [5.41, 5.74) is 3.17. The zero-order valence-corrected chi connectivity index (χ0v) is 12.6. The molecule has 0 aromatic heterocycles. The van der Waals surface area contributed by atoms with Crippen molar-refractivity contribution >= 4 is 17.5 Å². The van der Waals surface area contributed by atoms with Crippen molar-refractivity contribution < 1.29 is 4.79 Å². The molecular formula is C18H18ClNO. The van der Waals surface area contributed by atoms with Crippen LogP contribution in [-0.2, 0) is 16.8 Å². The first-order valence-electron chi connectivity index (χ1n) is 7.27. The minimum absolute atomic E-state index is 0.0171. The van der Waals surface area contributed by atoms with E-state index in [2.05, 4.69) is 35.6 Å². The molecule has 1 N–H and O–H groups in total. The van der Waals surface area contributed by atoms with Crippen molar-refractivity contribution in [1.29, 1.82) is 0 Å². The van der Waals surface area contributed by atoms with Gasteiger partial charge in [0.2, 0.25) is 5.91 Å². The number of carbonyl (C=O) groups is 1. The number of alkyl halides is 1. The van der Waals surface area contributed by atoms with Gasteiger partial charge in [0.25, 0.3) is 0 Å². The van der Waals surface area contributed by atoms with Gasteiger partial charge in [-0.3, -0.25) is 4.79 Å². The maximum Gasteiger partial charge on any atom is 0.235 e. The number of fused-ring (bicyclic) bond motifs is 1. The van der Waals surface area contributed by atoms with Crippen LogP contribution < -0.4 is 5.32 Å². The van der Waals surface area contributed by atoms with Crippen molar-refractivity contribution in [3.8, 4) is 0 Å². The number of carbonyl (C=O) groups excluding carboxylic acids is 1. The fraction of sp³-hybridized carbons (Fsp3) is 0.278. The Balaban J connectivity index is 2.16. The molecule has 0 radical (unpaired) electrons. The molecule has 1 unspecified atom stereocenters. The van der Waals surface area contributed by atoms with Gasteiger partial charge >= 0.3 is 0 Å². The summed E-state index contributed by atoms with van der Waals surface area (Å²) in [6.07, 6.45) is 3.01. The van der Waals surface area contributed by atoms with Crippen LogP contribution in [0, 0.1) is 0 Å². The van der Waals surface area contributed by atoms with Crippen molar-refractivity contribution in [2.24, 2.45) is 0 Å². The van der Waals surface area contributed by atoms with Gasteiger partial charge in [0.05, 0.1) is 5.54 Å². The third-order valence-electron chi connectivity index (χ3n) is 4.22. The smallest absolute Gasteiger partial charge is 0.235 e. The Bertz CT molecular complexity index is 641. The fourth-order valence-electron chi connectivity index (χ4n) is 3.33. The molecule has 1 aliphatic carbocycles. The van der Waals surface area contributed by atoms with E-state index in [1.807, 2.05) is 24.3 Å². The normalized spacial score (nSPS) is 20.6. The predicted octanol–water partition coefficient (Wildman–Crippen LogP) is 3.62. The second-order valence-corrected chi connectivity index (χ2v) is 5.73. The Morgan fingerprint density at radius 1 is 1.10 bits per heavy atom. The summed E-state index contributed by atoms with van der Waals surface area (Å²) in [5, 5.41) is 3.18. The van der Waals surface area contributed by atoms with Crippen molar-refractivity contribution in [1.82, 2.24) is 5.32 Å². The van der Waals surface area contributed by atoms with Crippen LogP contribution in [0.4, 0.5) is 0 Å². The Morgan fingerprint density at radius 2 is 1.81 bits per heavy atom. The van der Waals surface area contributed by atoms with Gasteiger partial charge in [-0.15, -0.1) is 11.6 Å². The minimum Gasteiger partial charge on any atom is -0.341 e. The quantitative estimate of drug-likeness (QED) is 0.862. The molecule has 108 valence electrons. The molecule has 1 amide bonds. The number of hydrogen-bond acceptors (Lipinski definition) is 1. The maximum absolute atomic E-state index is 12.0.